The average Bonchev–Trinajstić information content (AvgIpc) is 3.32. The lowest BCUT2D eigenvalue weighted by Gasteiger charge is -2.15. The molecule has 0 amide bonds. The molecule has 0 fully saturated rings. The van der Waals surface area contributed by atoms with E-state index in [-0.39, 0.29) is 18.4 Å². The van der Waals surface area contributed by atoms with Crippen molar-refractivity contribution in [2.45, 2.75) is 26.1 Å². The van der Waals surface area contributed by atoms with Crippen LogP contribution in [0.5, 0.6) is 5.75 Å². The Morgan fingerprint density at radius 3 is 2.60 bits per heavy atom. The van der Waals surface area contributed by atoms with Crippen LogP contribution < -0.4 is 10.1 Å². The van der Waals surface area contributed by atoms with Crippen LogP contribution in [0.25, 0.3) is 5.69 Å². The van der Waals surface area contributed by atoms with E-state index in [1.54, 1.807) is 18.7 Å². The third kappa shape index (κ3) is 5.69. The largest absolute Gasteiger partial charge is 0.487 e. The fourth-order valence-electron chi connectivity index (χ4n) is 3.12. The van der Waals surface area contributed by atoms with E-state index >= 15 is 0 Å². The summed E-state index contributed by atoms with van der Waals surface area (Å²) in [5.41, 5.74) is 4.46. The quantitative estimate of drug-likeness (QED) is 0.430. The summed E-state index contributed by atoms with van der Waals surface area (Å²) in [6.07, 6.45) is 7.31. The summed E-state index contributed by atoms with van der Waals surface area (Å²) in [5.74, 6) is 0.854. The van der Waals surface area contributed by atoms with Gasteiger partial charge in [0.2, 0.25) is 0 Å². The molecule has 1 N–H and O–H groups in total. The van der Waals surface area contributed by atoms with E-state index in [0.717, 1.165) is 23.7 Å². The Morgan fingerprint density at radius 2 is 1.87 bits per heavy atom. The molecule has 6 heteroatoms. The van der Waals surface area contributed by atoms with Crippen molar-refractivity contribution >= 4 is 12.4 Å². The predicted octanol–water partition coefficient (Wildman–Crippen LogP) is 5.12. The Morgan fingerprint density at radius 1 is 1.00 bits per heavy atom. The summed E-state index contributed by atoms with van der Waals surface area (Å²) < 4.78 is 7.87. The number of halogens is 1. The first-order valence-electron chi connectivity index (χ1n) is 9.71. The lowest BCUT2D eigenvalue weighted by molar-refractivity contribution is 0.301. The molecule has 0 radical (unpaired) electrons. The second-order valence-electron chi connectivity index (χ2n) is 6.92. The number of aromatic nitrogens is 3. The lowest BCUT2D eigenvalue weighted by atomic mass is 10.1. The van der Waals surface area contributed by atoms with Crippen molar-refractivity contribution in [1.29, 1.82) is 0 Å². The van der Waals surface area contributed by atoms with E-state index in [2.05, 4.69) is 58.6 Å². The van der Waals surface area contributed by atoms with Crippen LogP contribution in [0, 0.1) is 0 Å². The van der Waals surface area contributed by atoms with Crippen LogP contribution in [0.1, 0.15) is 29.8 Å². The summed E-state index contributed by atoms with van der Waals surface area (Å²) in [5, 5.41) is 3.58. The molecular weight excluding hydrogens is 396 g/mol. The molecule has 0 aliphatic rings. The second-order valence-corrected chi connectivity index (χ2v) is 6.92. The van der Waals surface area contributed by atoms with Gasteiger partial charge in [0.1, 0.15) is 12.4 Å². The van der Waals surface area contributed by atoms with Gasteiger partial charge in [0.15, 0.2) is 0 Å². The second kappa shape index (κ2) is 10.6. The molecule has 0 aliphatic heterocycles. The number of rotatable bonds is 8. The topological polar surface area (TPSA) is 52.0 Å². The van der Waals surface area contributed by atoms with Crippen molar-refractivity contribution in [1.82, 2.24) is 19.9 Å². The molecule has 154 valence electrons. The van der Waals surface area contributed by atoms with Crippen LogP contribution in [0.15, 0.2) is 91.6 Å². The smallest absolute Gasteiger partial charge is 0.130 e. The molecule has 5 nitrogen and oxygen atoms in total. The zero-order valence-corrected chi connectivity index (χ0v) is 17.6. The van der Waals surface area contributed by atoms with E-state index in [9.17, 15) is 0 Å². The fraction of sp³-hybridized carbons (Fsp3) is 0.167. The zero-order valence-electron chi connectivity index (χ0n) is 16.8. The van der Waals surface area contributed by atoms with Crippen molar-refractivity contribution in [2.24, 2.45) is 0 Å². The highest BCUT2D eigenvalue weighted by Gasteiger charge is 2.06. The molecule has 1 unspecified atom stereocenters. The Balaban J connectivity index is 0.00000256. The third-order valence-electron chi connectivity index (χ3n) is 4.82. The maximum Gasteiger partial charge on any atom is 0.130 e. The molecule has 1 atom stereocenters. The highest BCUT2D eigenvalue weighted by atomic mass is 35.5. The first-order chi connectivity index (χ1) is 14.3. The van der Waals surface area contributed by atoms with Gasteiger partial charge in [-0.2, -0.15) is 0 Å². The molecule has 2 aromatic carbocycles. The zero-order chi connectivity index (χ0) is 19.9. The maximum absolute atomic E-state index is 5.88. The number of benzene rings is 2. The Bertz CT molecular complexity index is 1020. The van der Waals surface area contributed by atoms with Crippen molar-refractivity contribution < 1.29 is 4.74 Å². The number of nitrogens with zero attached hydrogens (tertiary/aromatic N) is 3. The summed E-state index contributed by atoms with van der Waals surface area (Å²) in [7, 11) is 0. The minimum absolute atomic E-state index is 0. The Hall–Kier alpha value is -3.15. The Labute approximate surface area is 183 Å². The van der Waals surface area contributed by atoms with Gasteiger partial charge < -0.3 is 14.6 Å². The molecule has 2 heterocycles. The van der Waals surface area contributed by atoms with Crippen molar-refractivity contribution in [3.8, 4) is 11.4 Å². The number of imidazole rings is 1. The van der Waals surface area contributed by atoms with Crippen LogP contribution in [-0.2, 0) is 13.2 Å². The minimum Gasteiger partial charge on any atom is -0.487 e. The number of ether oxygens (including phenoxy) is 1. The summed E-state index contributed by atoms with van der Waals surface area (Å²) in [6, 6.07) is 22.8. The van der Waals surface area contributed by atoms with Gasteiger partial charge >= 0.3 is 0 Å². The summed E-state index contributed by atoms with van der Waals surface area (Å²) in [4.78, 5) is 8.38. The van der Waals surface area contributed by atoms with Crippen LogP contribution in [-0.4, -0.2) is 14.5 Å². The molecular formula is C24H25ClN4O. The van der Waals surface area contributed by atoms with Gasteiger partial charge in [0, 0.05) is 36.9 Å². The minimum atomic E-state index is 0. The van der Waals surface area contributed by atoms with E-state index in [0.29, 0.717) is 6.61 Å². The lowest BCUT2D eigenvalue weighted by Crippen LogP contribution is -2.18. The molecule has 0 aliphatic carbocycles. The normalized spacial score (nSPS) is 11.5. The summed E-state index contributed by atoms with van der Waals surface area (Å²) >= 11 is 0. The van der Waals surface area contributed by atoms with E-state index in [4.69, 9.17) is 4.74 Å². The number of hydrogen-bond donors (Lipinski definition) is 1. The summed E-state index contributed by atoms with van der Waals surface area (Å²) in [6.45, 7) is 3.41. The standard InChI is InChI=1S/C24H24N4O.ClH/c1-19(21-8-10-23(11-9-21)28-14-13-25-18-28)27-16-20-5-4-7-24(15-20)29-17-22-6-2-3-12-26-22;/h2-15,18-19,27H,16-17H2,1H3;1H. The van der Waals surface area contributed by atoms with Gasteiger partial charge in [-0.25, -0.2) is 4.98 Å². The Kier molecular flexibility index (Phi) is 7.60. The molecule has 2 aromatic heterocycles. The molecule has 0 saturated heterocycles. The van der Waals surface area contributed by atoms with Crippen LogP contribution in [0.3, 0.4) is 0 Å². The van der Waals surface area contributed by atoms with Gasteiger partial charge in [-0.3, -0.25) is 4.98 Å². The van der Waals surface area contributed by atoms with E-state index in [1.165, 1.54) is 11.1 Å². The van der Waals surface area contributed by atoms with Gasteiger partial charge in [-0.1, -0.05) is 30.3 Å². The van der Waals surface area contributed by atoms with Crippen LogP contribution in [0.4, 0.5) is 0 Å². The third-order valence-corrected chi connectivity index (χ3v) is 4.82. The van der Waals surface area contributed by atoms with Crippen molar-refractivity contribution in [3.05, 3.63) is 108 Å². The first kappa shape index (κ1) is 21.6. The van der Waals surface area contributed by atoms with Gasteiger partial charge in [0.25, 0.3) is 0 Å². The van der Waals surface area contributed by atoms with Gasteiger partial charge in [-0.05, 0) is 54.4 Å². The SMILES string of the molecule is CC(NCc1cccc(OCc2ccccn2)c1)c1ccc(-n2ccnc2)cc1.Cl. The monoisotopic (exact) mass is 420 g/mol. The highest BCUT2D eigenvalue weighted by Crippen LogP contribution is 2.18. The molecule has 0 bridgehead atoms. The van der Waals surface area contributed by atoms with Crippen LogP contribution in [0.2, 0.25) is 0 Å². The molecule has 4 rings (SSSR count). The van der Waals surface area contributed by atoms with Crippen molar-refractivity contribution in [3.63, 3.8) is 0 Å². The maximum atomic E-state index is 5.88. The average molecular weight is 421 g/mol. The van der Waals surface area contributed by atoms with Gasteiger partial charge in [0.05, 0.1) is 12.0 Å². The van der Waals surface area contributed by atoms with E-state index in [1.807, 2.05) is 41.1 Å². The molecule has 4 aromatic rings. The molecule has 30 heavy (non-hydrogen) atoms. The fourth-order valence-corrected chi connectivity index (χ4v) is 3.12. The molecule has 0 spiro atoms. The first-order valence-corrected chi connectivity index (χ1v) is 9.71. The number of pyridine rings is 1. The molecule has 0 saturated carbocycles. The van der Waals surface area contributed by atoms with Crippen molar-refractivity contribution in [2.75, 3.05) is 0 Å². The highest BCUT2D eigenvalue weighted by molar-refractivity contribution is 5.85. The van der Waals surface area contributed by atoms with E-state index < -0.39 is 0 Å². The number of hydrogen-bond acceptors (Lipinski definition) is 4. The number of nitrogens with one attached hydrogen (secondary N) is 1. The van der Waals surface area contributed by atoms with Gasteiger partial charge in [-0.15, -0.1) is 12.4 Å². The van der Waals surface area contributed by atoms with Crippen LogP contribution >= 0.6 is 12.4 Å². The predicted molar refractivity (Wildman–Crippen MR) is 121 cm³/mol.